The fourth-order valence-corrected chi connectivity index (χ4v) is 2.96. The van der Waals surface area contributed by atoms with Crippen molar-refractivity contribution in [3.63, 3.8) is 0 Å². The van der Waals surface area contributed by atoms with Crippen molar-refractivity contribution in [3.05, 3.63) is 40.0 Å². The van der Waals surface area contributed by atoms with Crippen LogP contribution >= 0.6 is 30.4 Å². The van der Waals surface area contributed by atoms with Gasteiger partial charge in [0.15, 0.2) is 0 Å². The van der Waals surface area contributed by atoms with Crippen molar-refractivity contribution in [1.82, 2.24) is 0 Å². The molecule has 1 rings (SSSR count). The molecule has 148 valence electrons. The van der Waals surface area contributed by atoms with Crippen LogP contribution in [0.5, 0.6) is 5.75 Å². The van der Waals surface area contributed by atoms with Crippen molar-refractivity contribution in [2.24, 2.45) is 5.73 Å². The van der Waals surface area contributed by atoms with E-state index in [1.165, 1.54) is 0 Å². The molecule has 0 saturated carbocycles. The van der Waals surface area contributed by atoms with Crippen LogP contribution in [-0.4, -0.2) is 40.3 Å². The summed E-state index contributed by atoms with van der Waals surface area (Å²) in [6, 6.07) is 7.58. The van der Waals surface area contributed by atoms with E-state index >= 15 is 0 Å². The Kier molecular flexibility index (Phi) is 10.9. The summed E-state index contributed by atoms with van der Waals surface area (Å²) in [6.07, 6.45) is 6.15. The molecule has 1 atom stereocenters. The quantitative estimate of drug-likeness (QED) is 0.187. The lowest BCUT2D eigenvalue weighted by molar-refractivity contribution is 0.102. The van der Waals surface area contributed by atoms with Gasteiger partial charge in [0.25, 0.3) is 0 Å². The van der Waals surface area contributed by atoms with Gasteiger partial charge in [-0.2, -0.15) is 0 Å². The third-order valence-electron chi connectivity index (χ3n) is 3.79. The average Bonchev–Trinajstić information content (AvgIpc) is 2.61. The van der Waals surface area contributed by atoms with Gasteiger partial charge in [-0.25, -0.2) is 4.57 Å². The fraction of sp³-hybridized carbons (Fsp3) is 0.529. The van der Waals surface area contributed by atoms with Gasteiger partial charge in [0, 0.05) is 0 Å². The van der Waals surface area contributed by atoms with Gasteiger partial charge in [0.05, 0.1) is 25.4 Å². The number of unbranched alkanes of at least 4 members (excludes halogenated alkanes) is 2. The molecule has 26 heavy (non-hydrogen) atoms. The second kappa shape index (κ2) is 12.1. The van der Waals surface area contributed by atoms with Crippen molar-refractivity contribution >= 4 is 30.4 Å². The molecule has 1 aromatic rings. The molecule has 9 heteroatoms. The molecular weight excluding hydrogens is 472 g/mol. The van der Waals surface area contributed by atoms with Crippen LogP contribution < -0.4 is 10.5 Å². The second-order valence-corrected chi connectivity index (χ2v) is 8.09. The molecule has 1 aromatic carbocycles. The zero-order valence-electron chi connectivity index (χ0n) is 14.6. The third-order valence-corrected chi connectivity index (χ3v) is 4.77. The molecule has 0 aromatic heterocycles. The highest BCUT2D eigenvalue weighted by Crippen LogP contribution is 2.36. The van der Waals surface area contributed by atoms with Gasteiger partial charge >= 0.3 is 7.82 Å². The Morgan fingerprint density at radius 1 is 1.23 bits per heavy atom. The SMILES string of the molecule is NC(CO)(CCc1ccc(OCCCCC=CI)cc1)COP(=O)(O)O. The Morgan fingerprint density at radius 3 is 2.50 bits per heavy atom. The molecule has 0 radical (unpaired) electrons. The Hall–Kier alpha value is -0.480. The number of rotatable bonds is 13. The van der Waals surface area contributed by atoms with Crippen LogP contribution in [0, 0.1) is 0 Å². The zero-order chi connectivity index (χ0) is 19.5. The van der Waals surface area contributed by atoms with Crippen LogP contribution in [-0.2, 0) is 15.5 Å². The summed E-state index contributed by atoms with van der Waals surface area (Å²) < 4.78 is 22.9. The summed E-state index contributed by atoms with van der Waals surface area (Å²) in [7, 11) is -4.61. The maximum atomic E-state index is 10.8. The van der Waals surface area contributed by atoms with Crippen molar-refractivity contribution in [2.75, 3.05) is 19.8 Å². The van der Waals surface area contributed by atoms with Gasteiger partial charge in [0.2, 0.25) is 0 Å². The van der Waals surface area contributed by atoms with E-state index in [4.69, 9.17) is 20.3 Å². The number of nitrogens with two attached hydrogens (primary N) is 1. The number of aliphatic hydroxyl groups excluding tert-OH is 1. The molecule has 0 bridgehead atoms. The molecule has 5 N–H and O–H groups in total. The predicted octanol–water partition coefficient (Wildman–Crippen LogP) is 2.92. The van der Waals surface area contributed by atoms with E-state index in [0.29, 0.717) is 19.4 Å². The minimum absolute atomic E-state index is 0.327. The largest absolute Gasteiger partial charge is 0.494 e. The van der Waals surface area contributed by atoms with Gasteiger partial charge in [0.1, 0.15) is 5.75 Å². The minimum Gasteiger partial charge on any atom is -0.494 e. The summed E-state index contributed by atoms with van der Waals surface area (Å²) in [5, 5.41) is 9.40. The summed E-state index contributed by atoms with van der Waals surface area (Å²) in [4.78, 5) is 17.5. The number of aliphatic hydroxyl groups is 1. The molecule has 7 nitrogen and oxygen atoms in total. The third kappa shape index (κ3) is 10.6. The van der Waals surface area contributed by atoms with Crippen LogP contribution in [0.3, 0.4) is 0 Å². The molecule has 0 saturated heterocycles. The standard InChI is InChI=1S/C17H27INO6P/c18-11-3-1-2-4-12-24-16-7-5-15(6-8-16)9-10-17(19,13-20)14-25-26(21,22)23/h3,5-8,11,20H,1-2,4,9-10,12-14,19H2,(H2,21,22,23). The Balaban J connectivity index is 2.39. The number of ether oxygens (including phenoxy) is 1. The monoisotopic (exact) mass is 499 g/mol. The average molecular weight is 499 g/mol. The van der Waals surface area contributed by atoms with Gasteiger partial charge in [-0.3, -0.25) is 4.52 Å². The lowest BCUT2D eigenvalue weighted by Gasteiger charge is -2.27. The molecule has 0 fully saturated rings. The van der Waals surface area contributed by atoms with Crippen LogP contribution in [0.1, 0.15) is 31.2 Å². The first kappa shape index (κ1) is 23.6. The van der Waals surface area contributed by atoms with E-state index in [1.54, 1.807) is 0 Å². The number of hydrogen-bond acceptors (Lipinski definition) is 5. The highest BCUT2D eigenvalue weighted by molar-refractivity contribution is 14.1. The normalized spacial score (nSPS) is 14.5. The highest BCUT2D eigenvalue weighted by atomic mass is 127. The molecule has 0 aliphatic carbocycles. The first-order valence-electron chi connectivity index (χ1n) is 8.35. The minimum atomic E-state index is -4.61. The van der Waals surface area contributed by atoms with Crippen molar-refractivity contribution in [1.29, 1.82) is 0 Å². The van der Waals surface area contributed by atoms with Gasteiger partial charge in [-0.05, 0) is 53.9 Å². The summed E-state index contributed by atoms with van der Waals surface area (Å²) in [5.41, 5.74) is 5.73. The number of aryl methyl sites for hydroxylation is 1. The topological polar surface area (TPSA) is 122 Å². The molecule has 0 spiro atoms. The highest BCUT2D eigenvalue weighted by Gasteiger charge is 2.28. The maximum Gasteiger partial charge on any atom is 0.469 e. The summed E-state index contributed by atoms with van der Waals surface area (Å²) in [5.74, 6) is 0.796. The number of hydrogen-bond donors (Lipinski definition) is 4. The molecule has 0 amide bonds. The molecule has 1 unspecified atom stereocenters. The molecule has 0 heterocycles. The Bertz CT molecular complexity index is 591. The van der Waals surface area contributed by atoms with E-state index in [1.807, 2.05) is 28.3 Å². The van der Waals surface area contributed by atoms with Gasteiger partial charge in [-0.15, -0.1) is 0 Å². The first-order valence-corrected chi connectivity index (χ1v) is 11.1. The van der Waals surface area contributed by atoms with Gasteiger partial charge < -0.3 is 25.4 Å². The predicted molar refractivity (Wildman–Crippen MR) is 109 cm³/mol. The number of phosphoric ester groups is 1. The lowest BCUT2D eigenvalue weighted by atomic mass is 9.94. The van der Waals surface area contributed by atoms with Crippen molar-refractivity contribution in [2.45, 2.75) is 37.6 Å². The van der Waals surface area contributed by atoms with Crippen LogP contribution in [0.4, 0.5) is 0 Å². The van der Waals surface area contributed by atoms with Crippen molar-refractivity contribution < 1.29 is 28.7 Å². The maximum absolute atomic E-state index is 10.8. The first-order chi connectivity index (χ1) is 12.3. The lowest BCUT2D eigenvalue weighted by Crippen LogP contribution is -2.48. The smallest absolute Gasteiger partial charge is 0.469 e. The van der Waals surface area contributed by atoms with E-state index in [9.17, 15) is 9.67 Å². The van der Waals surface area contributed by atoms with Crippen molar-refractivity contribution in [3.8, 4) is 5.75 Å². The fourth-order valence-electron chi connectivity index (χ4n) is 2.17. The molecule has 0 aliphatic rings. The van der Waals surface area contributed by atoms with E-state index in [2.05, 4.69) is 33.2 Å². The van der Waals surface area contributed by atoms with E-state index in [0.717, 1.165) is 30.6 Å². The van der Waals surface area contributed by atoms with Crippen LogP contribution in [0.25, 0.3) is 0 Å². The van der Waals surface area contributed by atoms with Crippen LogP contribution in [0.15, 0.2) is 34.4 Å². The second-order valence-electron chi connectivity index (χ2n) is 6.13. The van der Waals surface area contributed by atoms with E-state index in [-0.39, 0.29) is 0 Å². The van der Waals surface area contributed by atoms with Crippen LogP contribution in [0.2, 0.25) is 0 Å². The molecule has 0 aliphatic heterocycles. The number of halogens is 1. The number of allylic oxidation sites excluding steroid dienone is 1. The summed E-state index contributed by atoms with van der Waals surface area (Å²) in [6.45, 7) is -0.173. The Morgan fingerprint density at radius 2 is 1.92 bits per heavy atom. The van der Waals surface area contributed by atoms with E-state index < -0.39 is 26.6 Å². The zero-order valence-corrected chi connectivity index (χ0v) is 17.6. The summed E-state index contributed by atoms with van der Waals surface area (Å²) >= 11 is 2.21. The number of phosphoric acid groups is 1. The molecular formula is C17H27INO6P. The van der Waals surface area contributed by atoms with Gasteiger partial charge in [-0.1, -0.05) is 40.8 Å². The number of benzene rings is 1. The Labute approximate surface area is 168 Å².